The van der Waals surface area contributed by atoms with Crippen molar-refractivity contribution in [3.8, 4) is 0 Å². The van der Waals surface area contributed by atoms with Crippen molar-refractivity contribution in [1.82, 2.24) is 9.80 Å². The monoisotopic (exact) mass is 370 g/mol. The molecule has 3 fully saturated rings. The Kier molecular flexibility index (Phi) is 6.22. The van der Waals surface area contributed by atoms with Gasteiger partial charge in [-0.05, 0) is 30.2 Å². The Morgan fingerprint density at radius 1 is 1.11 bits per heavy atom. The third kappa shape index (κ3) is 4.98. The van der Waals surface area contributed by atoms with E-state index in [9.17, 15) is 4.79 Å². The van der Waals surface area contributed by atoms with E-state index < -0.39 is 0 Å². The van der Waals surface area contributed by atoms with Crippen LogP contribution < -0.4 is 0 Å². The Morgan fingerprint density at radius 3 is 2.52 bits per heavy atom. The third-order valence-corrected chi connectivity index (χ3v) is 6.08. The van der Waals surface area contributed by atoms with Gasteiger partial charge in [0.2, 0.25) is 5.91 Å². The van der Waals surface area contributed by atoms with Crippen LogP contribution in [0.25, 0.3) is 0 Å². The minimum atomic E-state index is 0.166. The van der Waals surface area contributed by atoms with Crippen LogP contribution in [0.3, 0.4) is 0 Å². The summed E-state index contributed by atoms with van der Waals surface area (Å²) in [4.78, 5) is 16.8. The van der Waals surface area contributed by atoms with Crippen molar-refractivity contribution in [2.24, 2.45) is 11.8 Å². The van der Waals surface area contributed by atoms with E-state index in [2.05, 4.69) is 29.2 Å². The molecule has 2 aliphatic heterocycles. The van der Waals surface area contributed by atoms with Crippen LogP contribution in [0, 0.1) is 11.8 Å². The van der Waals surface area contributed by atoms with Gasteiger partial charge in [-0.15, -0.1) is 0 Å². The lowest BCUT2D eigenvalue weighted by molar-refractivity contribution is -0.125. The van der Waals surface area contributed by atoms with E-state index in [1.54, 1.807) is 6.08 Å². The van der Waals surface area contributed by atoms with Crippen molar-refractivity contribution in [2.45, 2.75) is 25.6 Å². The summed E-state index contributed by atoms with van der Waals surface area (Å²) in [5.74, 6) is 1.36. The number of ether oxygens (including phenoxy) is 2. The standard InChI is InChI=1S/C22H30N2O3/c25-22(7-4-8-23-9-11-26-12-10-23)24-15-19-13-21(14-20(19)16-24)27-17-18-5-2-1-3-6-18/h1-7,19-21H,8-17H2/b7-4+/t19-,20+,21?. The second kappa shape index (κ2) is 9.00. The van der Waals surface area contributed by atoms with Gasteiger partial charge in [0, 0.05) is 38.8 Å². The molecule has 4 rings (SSSR count). The molecule has 0 aromatic heterocycles. The van der Waals surface area contributed by atoms with Crippen LogP contribution in [-0.2, 0) is 20.9 Å². The summed E-state index contributed by atoms with van der Waals surface area (Å²) in [5.41, 5.74) is 1.23. The van der Waals surface area contributed by atoms with Gasteiger partial charge >= 0.3 is 0 Å². The van der Waals surface area contributed by atoms with Gasteiger partial charge in [-0.2, -0.15) is 0 Å². The summed E-state index contributed by atoms with van der Waals surface area (Å²) in [6.07, 6.45) is 6.28. The highest BCUT2D eigenvalue weighted by Gasteiger charge is 2.42. The molecular weight excluding hydrogens is 340 g/mol. The number of rotatable bonds is 6. The van der Waals surface area contributed by atoms with Gasteiger partial charge in [0.15, 0.2) is 0 Å². The molecule has 1 aromatic carbocycles. The SMILES string of the molecule is O=C(/C=C/CN1CCOCC1)N1C[C@H]2CC(OCc3ccccc3)C[C@H]2C1. The number of nitrogens with zero attached hydrogens (tertiary/aromatic N) is 2. The zero-order valence-electron chi connectivity index (χ0n) is 16.0. The van der Waals surface area contributed by atoms with E-state index >= 15 is 0 Å². The van der Waals surface area contributed by atoms with E-state index in [4.69, 9.17) is 9.47 Å². The third-order valence-electron chi connectivity index (χ3n) is 6.08. The largest absolute Gasteiger partial charge is 0.379 e. The Balaban J connectivity index is 1.18. The fourth-order valence-corrected chi connectivity index (χ4v) is 4.54. The van der Waals surface area contributed by atoms with Crippen LogP contribution >= 0.6 is 0 Å². The molecule has 5 nitrogen and oxygen atoms in total. The fourth-order valence-electron chi connectivity index (χ4n) is 4.54. The second-order valence-electron chi connectivity index (χ2n) is 7.97. The van der Waals surface area contributed by atoms with Crippen molar-refractivity contribution in [3.05, 3.63) is 48.0 Å². The number of amides is 1. The van der Waals surface area contributed by atoms with E-state index in [1.165, 1.54) is 5.56 Å². The summed E-state index contributed by atoms with van der Waals surface area (Å²) < 4.78 is 11.5. The maximum absolute atomic E-state index is 12.5. The second-order valence-corrected chi connectivity index (χ2v) is 7.97. The molecule has 1 aromatic rings. The van der Waals surface area contributed by atoms with Crippen molar-refractivity contribution >= 4 is 5.91 Å². The minimum Gasteiger partial charge on any atom is -0.379 e. The summed E-state index contributed by atoms with van der Waals surface area (Å²) in [6.45, 7) is 6.80. The summed E-state index contributed by atoms with van der Waals surface area (Å²) in [7, 11) is 0. The fraction of sp³-hybridized carbons (Fsp3) is 0.591. The number of carbonyl (C=O) groups is 1. The zero-order chi connectivity index (χ0) is 18.5. The normalized spacial score (nSPS) is 28.7. The molecule has 2 heterocycles. The molecule has 1 saturated carbocycles. The molecule has 1 unspecified atom stereocenters. The molecule has 27 heavy (non-hydrogen) atoms. The molecule has 0 N–H and O–H groups in total. The molecule has 0 spiro atoms. The summed E-state index contributed by atoms with van der Waals surface area (Å²) in [5, 5.41) is 0. The molecule has 2 saturated heterocycles. The maximum Gasteiger partial charge on any atom is 0.246 e. The minimum absolute atomic E-state index is 0.166. The van der Waals surface area contributed by atoms with Crippen molar-refractivity contribution in [1.29, 1.82) is 0 Å². The smallest absolute Gasteiger partial charge is 0.246 e. The number of likely N-dealkylation sites (tertiary alicyclic amines) is 1. The number of hydrogen-bond acceptors (Lipinski definition) is 4. The Morgan fingerprint density at radius 2 is 1.81 bits per heavy atom. The van der Waals surface area contributed by atoms with Crippen molar-refractivity contribution in [3.63, 3.8) is 0 Å². The van der Waals surface area contributed by atoms with Crippen LogP contribution in [0.15, 0.2) is 42.5 Å². The number of fused-ring (bicyclic) bond motifs is 1. The molecule has 3 atom stereocenters. The first-order chi connectivity index (χ1) is 13.3. The van der Waals surface area contributed by atoms with E-state index in [1.807, 2.05) is 17.0 Å². The topological polar surface area (TPSA) is 42.0 Å². The van der Waals surface area contributed by atoms with Crippen molar-refractivity contribution in [2.75, 3.05) is 45.9 Å². The Hall–Kier alpha value is -1.69. The van der Waals surface area contributed by atoms with Crippen molar-refractivity contribution < 1.29 is 14.3 Å². The number of morpholine rings is 1. The van der Waals surface area contributed by atoms with Gasteiger partial charge in [-0.1, -0.05) is 36.4 Å². The van der Waals surface area contributed by atoms with Crippen LogP contribution in [0.4, 0.5) is 0 Å². The quantitative estimate of drug-likeness (QED) is 0.721. The maximum atomic E-state index is 12.5. The van der Waals surface area contributed by atoms with Gasteiger partial charge in [0.25, 0.3) is 0 Å². The van der Waals surface area contributed by atoms with E-state index in [-0.39, 0.29) is 5.91 Å². The highest BCUT2D eigenvalue weighted by Crippen LogP contribution is 2.39. The highest BCUT2D eigenvalue weighted by atomic mass is 16.5. The lowest BCUT2D eigenvalue weighted by atomic mass is 10.0. The molecule has 1 aliphatic carbocycles. The number of benzene rings is 1. The van der Waals surface area contributed by atoms with E-state index in [0.717, 1.165) is 58.8 Å². The van der Waals surface area contributed by atoms with Crippen LogP contribution in [0.1, 0.15) is 18.4 Å². The van der Waals surface area contributed by atoms with E-state index in [0.29, 0.717) is 24.5 Å². The Bertz CT molecular complexity index is 628. The first-order valence-electron chi connectivity index (χ1n) is 10.2. The van der Waals surface area contributed by atoms with Gasteiger partial charge in [-0.3, -0.25) is 9.69 Å². The molecule has 3 aliphatic rings. The first-order valence-corrected chi connectivity index (χ1v) is 10.2. The van der Waals surface area contributed by atoms with Crippen LogP contribution in [-0.4, -0.2) is 67.7 Å². The molecule has 0 radical (unpaired) electrons. The lowest BCUT2D eigenvalue weighted by Crippen LogP contribution is -2.36. The number of carbonyl (C=O) groups excluding carboxylic acids is 1. The lowest BCUT2D eigenvalue weighted by Gasteiger charge is -2.25. The van der Waals surface area contributed by atoms with Gasteiger partial charge < -0.3 is 14.4 Å². The number of hydrogen-bond donors (Lipinski definition) is 0. The highest BCUT2D eigenvalue weighted by molar-refractivity contribution is 5.87. The predicted octanol–water partition coefficient (Wildman–Crippen LogP) is 2.33. The molecule has 146 valence electrons. The average Bonchev–Trinajstić information content (AvgIpc) is 3.27. The van der Waals surface area contributed by atoms with Gasteiger partial charge in [-0.25, -0.2) is 0 Å². The van der Waals surface area contributed by atoms with Gasteiger partial charge in [0.05, 0.1) is 25.9 Å². The summed E-state index contributed by atoms with van der Waals surface area (Å²) >= 11 is 0. The van der Waals surface area contributed by atoms with Crippen LogP contribution in [0.2, 0.25) is 0 Å². The van der Waals surface area contributed by atoms with Crippen LogP contribution in [0.5, 0.6) is 0 Å². The molecular formula is C22H30N2O3. The summed E-state index contributed by atoms with van der Waals surface area (Å²) in [6, 6.07) is 10.4. The molecule has 5 heteroatoms. The molecule has 1 amide bonds. The first kappa shape index (κ1) is 18.7. The molecule has 0 bridgehead atoms. The average molecular weight is 370 g/mol. The predicted molar refractivity (Wildman–Crippen MR) is 104 cm³/mol. The Labute approximate surface area is 161 Å². The zero-order valence-corrected chi connectivity index (χ0v) is 16.0. The van der Waals surface area contributed by atoms with Gasteiger partial charge in [0.1, 0.15) is 0 Å².